The third-order valence-corrected chi connectivity index (χ3v) is 5.25. The monoisotopic (exact) mass is 352 g/mol. The summed E-state index contributed by atoms with van der Waals surface area (Å²) in [4.78, 5) is 11.0. The molecular weight excluding hydrogens is 312 g/mol. The average Bonchev–Trinajstić information content (AvgIpc) is 2.57. The van der Waals surface area contributed by atoms with E-state index in [1.54, 1.807) is 0 Å². The second-order valence-electron chi connectivity index (χ2n) is 7.73. The number of aliphatic hydroxyl groups is 1. The van der Waals surface area contributed by atoms with E-state index in [4.69, 9.17) is 4.74 Å². The number of ether oxygens (including phenoxy) is 1. The lowest BCUT2D eigenvalue weighted by Gasteiger charge is -2.32. The maximum atomic E-state index is 11.0. The van der Waals surface area contributed by atoms with Crippen LogP contribution in [0.1, 0.15) is 117 Å². The van der Waals surface area contributed by atoms with Crippen LogP contribution in [0.5, 0.6) is 0 Å². The van der Waals surface area contributed by atoms with Crippen molar-refractivity contribution in [3.8, 4) is 0 Å². The number of carbonyl (C=O) groups excluding carboxylic acids is 1. The van der Waals surface area contributed by atoms with Crippen molar-refractivity contribution in [1.82, 2.24) is 0 Å². The van der Waals surface area contributed by atoms with Crippen LogP contribution in [0, 0.1) is 0 Å². The van der Waals surface area contributed by atoms with Gasteiger partial charge in [-0.1, -0.05) is 82.8 Å². The molecule has 0 spiro atoms. The van der Waals surface area contributed by atoms with Gasteiger partial charge in [0.25, 0.3) is 0 Å². The summed E-state index contributed by atoms with van der Waals surface area (Å²) < 4.78 is 5.03. The van der Waals surface area contributed by atoms with Crippen molar-refractivity contribution in [2.45, 2.75) is 122 Å². The quantitative estimate of drug-likeness (QED) is 0.179. The molecule has 1 aliphatic carbocycles. The van der Waals surface area contributed by atoms with Gasteiger partial charge < -0.3 is 9.84 Å². The summed E-state index contributed by atoms with van der Waals surface area (Å²) in [6.45, 7) is 3.63. The summed E-state index contributed by atoms with van der Waals surface area (Å²) in [7, 11) is 0. The molecule has 0 heterocycles. The fourth-order valence-corrected chi connectivity index (χ4v) is 3.65. The predicted molar refractivity (Wildman–Crippen MR) is 104 cm³/mol. The molecule has 0 aliphatic heterocycles. The molecule has 0 aromatic heterocycles. The lowest BCUT2D eigenvalue weighted by atomic mass is 9.89. The van der Waals surface area contributed by atoms with E-state index in [9.17, 15) is 9.90 Å². The highest BCUT2D eigenvalue weighted by atomic mass is 16.7. The van der Waals surface area contributed by atoms with Crippen molar-refractivity contribution in [3.63, 3.8) is 0 Å². The largest absolute Gasteiger partial charge is 0.433 e. The smallest absolute Gasteiger partial charge is 0.305 e. The Kier molecular flexibility index (Phi) is 11.9. The van der Waals surface area contributed by atoms with Crippen LogP contribution in [0.4, 0.5) is 0 Å². The van der Waals surface area contributed by atoms with Gasteiger partial charge in [-0.2, -0.15) is 0 Å². The highest BCUT2D eigenvalue weighted by Crippen LogP contribution is 2.33. The first-order valence-corrected chi connectivity index (χ1v) is 10.7. The van der Waals surface area contributed by atoms with Crippen LogP contribution in [0.3, 0.4) is 0 Å². The van der Waals surface area contributed by atoms with E-state index in [2.05, 4.69) is 13.0 Å². The third kappa shape index (κ3) is 11.4. The molecule has 0 radical (unpaired) electrons. The molecule has 1 fully saturated rings. The minimum absolute atomic E-state index is 0.393. The van der Waals surface area contributed by atoms with Gasteiger partial charge in [0.2, 0.25) is 5.79 Å². The van der Waals surface area contributed by atoms with Gasteiger partial charge in [0.15, 0.2) is 0 Å². The number of hydrogen-bond donors (Lipinski definition) is 1. The van der Waals surface area contributed by atoms with Crippen LogP contribution in [-0.4, -0.2) is 16.9 Å². The molecule has 0 atom stereocenters. The Labute approximate surface area is 155 Å². The van der Waals surface area contributed by atoms with Gasteiger partial charge in [0.05, 0.1) is 0 Å². The fraction of sp³-hybridized carbons (Fsp3) is 0.864. The number of hydrogen-bond acceptors (Lipinski definition) is 3. The van der Waals surface area contributed by atoms with E-state index < -0.39 is 11.8 Å². The van der Waals surface area contributed by atoms with Gasteiger partial charge in [-0.3, -0.25) is 4.79 Å². The van der Waals surface area contributed by atoms with Crippen LogP contribution in [0.25, 0.3) is 0 Å². The summed E-state index contributed by atoms with van der Waals surface area (Å²) in [5.41, 5.74) is 1.42. The molecule has 25 heavy (non-hydrogen) atoms. The number of carbonyl (C=O) groups is 1. The molecule has 146 valence electrons. The first-order valence-electron chi connectivity index (χ1n) is 10.7. The first kappa shape index (κ1) is 22.2. The highest BCUT2D eigenvalue weighted by Gasteiger charge is 2.33. The van der Waals surface area contributed by atoms with Crippen LogP contribution in [0.2, 0.25) is 0 Å². The van der Waals surface area contributed by atoms with Gasteiger partial charge in [0, 0.05) is 19.8 Å². The zero-order chi connectivity index (χ0) is 18.4. The van der Waals surface area contributed by atoms with Crippen LogP contribution in [-0.2, 0) is 9.53 Å². The van der Waals surface area contributed by atoms with E-state index in [-0.39, 0.29) is 0 Å². The Bertz CT molecular complexity index is 377. The zero-order valence-electron chi connectivity index (χ0n) is 16.7. The second kappa shape index (κ2) is 13.4. The van der Waals surface area contributed by atoms with E-state index in [0.29, 0.717) is 12.8 Å². The van der Waals surface area contributed by atoms with E-state index >= 15 is 0 Å². The van der Waals surface area contributed by atoms with Crippen LogP contribution in [0.15, 0.2) is 11.6 Å². The van der Waals surface area contributed by atoms with Crippen molar-refractivity contribution in [2.75, 3.05) is 0 Å². The molecule has 1 rings (SSSR count). The molecule has 1 aliphatic rings. The molecule has 0 aromatic carbocycles. The lowest BCUT2D eigenvalue weighted by molar-refractivity contribution is -0.215. The summed E-state index contributed by atoms with van der Waals surface area (Å²) in [5, 5.41) is 10.2. The van der Waals surface area contributed by atoms with Crippen molar-refractivity contribution < 1.29 is 14.6 Å². The van der Waals surface area contributed by atoms with Gasteiger partial charge in [0.1, 0.15) is 0 Å². The number of unbranched alkanes of at least 4 members (excludes halogenated alkanes) is 11. The van der Waals surface area contributed by atoms with E-state index in [1.165, 1.54) is 83.1 Å². The molecule has 1 N–H and O–H groups in total. The first-order chi connectivity index (χ1) is 12.1. The Balaban J connectivity index is 1.94. The Morgan fingerprint density at radius 2 is 1.44 bits per heavy atom. The van der Waals surface area contributed by atoms with Crippen LogP contribution < -0.4 is 0 Å². The minimum atomic E-state index is -1.22. The Hall–Kier alpha value is -0.830. The normalized spacial score (nSPS) is 20.5. The molecular formula is C22H40O3. The fourth-order valence-electron chi connectivity index (χ4n) is 3.65. The van der Waals surface area contributed by atoms with Gasteiger partial charge in [-0.05, 0) is 25.7 Å². The SMILES string of the molecule is CCCCCCCCCCCCCC=C1CCC(O)(OC(C)=O)CC1. The molecule has 0 amide bonds. The maximum Gasteiger partial charge on any atom is 0.305 e. The minimum Gasteiger partial charge on any atom is -0.433 e. The summed E-state index contributed by atoms with van der Waals surface area (Å²) >= 11 is 0. The third-order valence-electron chi connectivity index (χ3n) is 5.25. The lowest BCUT2D eigenvalue weighted by Crippen LogP contribution is -2.36. The van der Waals surface area contributed by atoms with Gasteiger partial charge >= 0.3 is 5.97 Å². The van der Waals surface area contributed by atoms with E-state index in [1.807, 2.05) is 0 Å². The number of rotatable bonds is 13. The standard InChI is InChI=1S/C22H40O3/c1-3-4-5-6-7-8-9-10-11-12-13-14-15-21-16-18-22(24,19-17-21)25-20(2)23/h15,24H,3-14,16-19H2,1-2H3. The molecule has 3 nitrogen and oxygen atoms in total. The van der Waals surface area contributed by atoms with Gasteiger partial charge in [-0.15, -0.1) is 0 Å². The molecule has 0 saturated heterocycles. The van der Waals surface area contributed by atoms with Crippen molar-refractivity contribution >= 4 is 5.97 Å². The Morgan fingerprint density at radius 1 is 0.960 bits per heavy atom. The molecule has 1 saturated carbocycles. The molecule has 0 aromatic rings. The topological polar surface area (TPSA) is 46.5 Å². The molecule has 0 unspecified atom stereocenters. The van der Waals surface area contributed by atoms with Crippen LogP contribution >= 0.6 is 0 Å². The zero-order valence-corrected chi connectivity index (χ0v) is 16.7. The summed E-state index contributed by atoms with van der Waals surface area (Å²) in [6, 6.07) is 0. The predicted octanol–water partition coefficient (Wildman–Crippen LogP) is 6.44. The second-order valence-corrected chi connectivity index (χ2v) is 7.73. The Morgan fingerprint density at radius 3 is 1.92 bits per heavy atom. The summed E-state index contributed by atoms with van der Waals surface area (Å²) in [5.74, 6) is -1.62. The number of esters is 1. The molecule has 3 heteroatoms. The van der Waals surface area contributed by atoms with Gasteiger partial charge in [-0.25, -0.2) is 0 Å². The average molecular weight is 353 g/mol. The van der Waals surface area contributed by atoms with Crippen molar-refractivity contribution in [2.24, 2.45) is 0 Å². The van der Waals surface area contributed by atoms with E-state index in [0.717, 1.165) is 19.3 Å². The summed E-state index contributed by atoms with van der Waals surface area (Å²) in [6.07, 6.45) is 21.5. The highest BCUT2D eigenvalue weighted by molar-refractivity contribution is 5.66. The molecule has 0 bridgehead atoms. The number of allylic oxidation sites excluding steroid dienone is 2. The van der Waals surface area contributed by atoms with Crippen molar-refractivity contribution in [3.05, 3.63) is 11.6 Å². The van der Waals surface area contributed by atoms with Crippen molar-refractivity contribution in [1.29, 1.82) is 0 Å². The maximum absolute atomic E-state index is 11.0.